The van der Waals surface area contributed by atoms with Crippen molar-refractivity contribution in [1.29, 1.82) is 0 Å². The maximum Gasteiger partial charge on any atom is 0.0367 e. The fraction of sp³-hybridized carbons (Fsp3) is 0.250. The van der Waals surface area contributed by atoms with Gasteiger partial charge in [0, 0.05) is 12.7 Å². The SMILES string of the molecule is CNc1ccc(-c2ccc(C)c(C)c2)cc1C. The molecule has 1 heteroatoms. The summed E-state index contributed by atoms with van der Waals surface area (Å²) < 4.78 is 0. The fourth-order valence-electron chi connectivity index (χ4n) is 2.04. The Morgan fingerprint density at radius 1 is 0.706 bits per heavy atom. The first-order valence-electron chi connectivity index (χ1n) is 5.98. The van der Waals surface area contributed by atoms with E-state index in [1.165, 1.54) is 33.5 Å². The first-order valence-corrected chi connectivity index (χ1v) is 5.98. The van der Waals surface area contributed by atoms with E-state index in [9.17, 15) is 0 Å². The molecule has 1 N–H and O–H groups in total. The van der Waals surface area contributed by atoms with Crippen molar-refractivity contribution in [3.63, 3.8) is 0 Å². The number of anilines is 1. The molecule has 0 aliphatic heterocycles. The molecule has 0 radical (unpaired) electrons. The summed E-state index contributed by atoms with van der Waals surface area (Å²) in [4.78, 5) is 0. The summed E-state index contributed by atoms with van der Waals surface area (Å²) in [6.07, 6.45) is 0. The summed E-state index contributed by atoms with van der Waals surface area (Å²) >= 11 is 0. The van der Waals surface area contributed by atoms with Crippen LogP contribution in [0.25, 0.3) is 11.1 Å². The second-order valence-corrected chi connectivity index (χ2v) is 4.58. The van der Waals surface area contributed by atoms with Gasteiger partial charge in [0.05, 0.1) is 0 Å². The average Bonchev–Trinajstić information content (AvgIpc) is 2.32. The zero-order valence-electron chi connectivity index (χ0n) is 11.0. The van der Waals surface area contributed by atoms with Crippen LogP contribution in [0.5, 0.6) is 0 Å². The summed E-state index contributed by atoms with van der Waals surface area (Å²) in [5, 5.41) is 3.19. The highest BCUT2D eigenvalue weighted by molar-refractivity contribution is 5.69. The smallest absolute Gasteiger partial charge is 0.0367 e. The number of aryl methyl sites for hydroxylation is 3. The predicted octanol–water partition coefficient (Wildman–Crippen LogP) is 4.32. The average molecular weight is 225 g/mol. The summed E-state index contributed by atoms with van der Waals surface area (Å²) in [6, 6.07) is 13.2. The largest absolute Gasteiger partial charge is 0.388 e. The molecule has 0 aliphatic rings. The Morgan fingerprint density at radius 3 is 1.82 bits per heavy atom. The Balaban J connectivity index is 2.46. The molecule has 0 aromatic heterocycles. The highest BCUT2D eigenvalue weighted by Gasteiger charge is 2.02. The minimum atomic E-state index is 1.19. The molecule has 0 aliphatic carbocycles. The first kappa shape index (κ1) is 11.7. The monoisotopic (exact) mass is 225 g/mol. The summed E-state index contributed by atoms with van der Waals surface area (Å²) in [5.74, 6) is 0. The van der Waals surface area contributed by atoms with Gasteiger partial charge in [-0.15, -0.1) is 0 Å². The molecule has 2 rings (SSSR count). The van der Waals surface area contributed by atoms with Gasteiger partial charge in [0.15, 0.2) is 0 Å². The van der Waals surface area contributed by atoms with E-state index in [1.807, 2.05) is 7.05 Å². The maximum absolute atomic E-state index is 3.19. The van der Waals surface area contributed by atoms with Crippen LogP contribution in [0.4, 0.5) is 5.69 Å². The Labute approximate surface area is 103 Å². The maximum atomic E-state index is 3.19. The van der Waals surface area contributed by atoms with Crippen LogP contribution in [0.15, 0.2) is 36.4 Å². The van der Waals surface area contributed by atoms with Crippen LogP contribution in [0.2, 0.25) is 0 Å². The molecule has 0 saturated heterocycles. The van der Waals surface area contributed by atoms with E-state index in [1.54, 1.807) is 0 Å². The molecule has 0 amide bonds. The topological polar surface area (TPSA) is 12.0 Å². The van der Waals surface area contributed by atoms with Crippen LogP contribution in [0.3, 0.4) is 0 Å². The third kappa shape index (κ3) is 2.33. The van der Waals surface area contributed by atoms with Gasteiger partial charge in [0.25, 0.3) is 0 Å². The molecular formula is C16H19N. The van der Waals surface area contributed by atoms with Gasteiger partial charge in [-0.25, -0.2) is 0 Å². The molecule has 1 nitrogen and oxygen atoms in total. The van der Waals surface area contributed by atoms with E-state index in [0.717, 1.165) is 0 Å². The number of nitrogens with one attached hydrogen (secondary N) is 1. The lowest BCUT2D eigenvalue weighted by Crippen LogP contribution is -1.92. The zero-order valence-corrected chi connectivity index (χ0v) is 11.0. The van der Waals surface area contributed by atoms with Crippen LogP contribution in [-0.2, 0) is 0 Å². The van der Waals surface area contributed by atoms with Gasteiger partial charge in [-0.05, 0) is 60.7 Å². The van der Waals surface area contributed by atoms with Crippen molar-refractivity contribution in [2.45, 2.75) is 20.8 Å². The summed E-state index contributed by atoms with van der Waals surface area (Å²) in [7, 11) is 1.96. The molecule has 0 unspecified atom stereocenters. The van der Waals surface area contributed by atoms with Gasteiger partial charge < -0.3 is 5.32 Å². The van der Waals surface area contributed by atoms with Crippen molar-refractivity contribution in [3.8, 4) is 11.1 Å². The number of rotatable bonds is 2. The minimum absolute atomic E-state index is 1.19. The lowest BCUT2D eigenvalue weighted by molar-refractivity contribution is 1.34. The molecule has 0 atom stereocenters. The van der Waals surface area contributed by atoms with Gasteiger partial charge in [-0.2, -0.15) is 0 Å². The number of benzene rings is 2. The van der Waals surface area contributed by atoms with E-state index in [0.29, 0.717) is 0 Å². The molecule has 2 aromatic carbocycles. The molecule has 0 bridgehead atoms. The van der Waals surface area contributed by atoms with Crippen molar-refractivity contribution < 1.29 is 0 Å². The van der Waals surface area contributed by atoms with Gasteiger partial charge in [-0.1, -0.05) is 24.3 Å². The van der Waals surface area contributed by atoms with Gasteiger partial charge in [0.1, 0.15) is 0 Å². The van der Waals surface area contributed by atoms with Crippen molar-refractivity contribution >= 4 is 5.69 Å². The lowest BCUT2D eigenvalue weighted by Gasteiger charge is -2.09. The second kappa shape index (κ2) is 4.62. The van der Waals surface area contributed by atoms with E-state index in [-0.39, 0.29) is 0 Å². The third-order valence-electron chi connectivity index (χ3n) is 3.34. The normalized spacial score (nSPS) is 10.4. The van der Waals surface area contributed by atoms with Gasteiger partial charge in [-0.3, -0.25) is 0 Å². The molecule has 88 valence electrons. The van der Waals surface area contributed by atoms with E-state index in [4.69, 9.17) is 0 Å². The van der Waals surface area contributed by atoms with E-state index >= 15 is 0 Å². The standard InChI is InChI=1S/C16H19N/c1-11-5-6-14(9-12(11)2)15-7-8-16(17-4)13(3)10-15/h5-10,17H,1-4H3. The Kier molecular flexibility index (Phi) is 3.19. The van der Waals surface area contributed by atoms with Crippen molar-refractivity contribution in [3.05, 3.63) is 53.1 Å². The number of hydrogen-bond donors (Lipinski definition) is 1. The summed E-state index contributed by atoms with van der Waals surface area (Å²) in [6.45, 7) is 6.44. The van der Waals surface area contributed by atoms with Gasteiger partial charge in [0.2, 0.25) is 0 Å². The van der Waals surface area contributed by atoms with Crippen LogP contribution < -0.4 is 5.32 Å². The van der Waals surface area contributed by atoms with Gasteiger partial charge >= 0.3 is 0 Å². The molecule has 2 aromatic rings. The number of hydrogen-bond acceptors (Lipinski definition) is 1. The van der Waals surface area contributed by atoms with Crippen LogP contribution in [0.1, 0.15) is 16.7 Å². The predicted molar refractivity (Wildman–Crippen MR) is 75.6 cm³/mol. The molecule has 0 saturated carbocycles. The van der Waals surface area contributed by atoms with Crippen LogP contribution in [-0.4, -0.2) is 7.05 Å². The molecule has 0 heterocycles. The molecular weight excluding hydrogens is 206 g/mol. The zero-order chi connectivity index (χ0) is 12.4. The highest BCUT2D eigenvalue weighted by Crippen LogP contribution is 2.26. The van der Waals surface area contributed by atoms with E-state index < -0.39 is 0 Å². The quantitative estimate of drug-likeness (QED) is 0.802. The molecule has 0 spiro atoms. The fourth-order valence-corrected chi connectivity index (χ4v) is 2.04. The first-order chi connectivity index (χ1) is 8.11. The third-order valence-corrected chi connectivity index (χ3v) is 3.34. The van der Waals surface area contributed by atoms with Crippen molar-refractivity contribution in [1.82, 2.24) is 0 Å². The minimum Gasteiger partial charge on any atom is -0.388 e. The summed E-state index contributed by atoms with van der Waals surface area (Å²) in [5.41, 5.74) is 7.74. The Morgan fingerprint density at radius 2 is 1.29 bits per heavy atom. The Hall–Kier alpha value is -1.76. The lowest BCUT2D eigenvalue weighted by atomic mass is 9.99. The Bertz CT molecular complexity index is 541. The second-order valence-electron chi connectivity index (χ2n) is 4.58. The molecule has 0 fully saturated rings. The van der Waals surface area contributed by atoms with Crippen molar-refractivity contribution in [2.24, 2.45) is 0 Å². The molecule has 17 heavy (non-hydrogen) atoms. The van der Waals surface area contributed by atoms with E-state index in [2.05, 4.69) is 62.5 Å². The highest BCUT2D eigenvalue weighted by atomic mass is 14.8. The van der Waals surface area contributed by atoms with Crippen molar-refractivity contribution in [2.75, 3.05) is 12.4 Å². The van der Waals surface area contributed by atoms with Crippen LogP contribution >= 0.6 is 0 Å². The van der Waals surface area contributed by atoms with Crippen LogP contribution in [0, 0.1) is 20.8 Å².